The van der Waals surface area contributed by atoms with Crippen molar-refractivity contribution in [3.05, 3.63) is 170 Å². The molecule has 0 bridgehead atoms. The molecule has 12 rings (SSSR count). The summed E-state index contributed by atoms with van der Waals surface area (Å²) in [6.45, 7) is 6.83. The summed E-state index contributed by atoms with van der Waals surface area (Å²) < 4.78 is 11.4. The molecule has 0 saturated heterocycles. The molecule has 0 fully saturated rings. The van der Waals surface area contributed by atoms with E-state index in [0.717, 1.165) is 93.9 Å². The molecule has 58 heavy (non-hydrogen) atoms. The molecule has 0 amide bonds. The predicted octanol–water partition coefficient (Wildman–Crippen LogP) is 13.4. The molecule has 0 radical (unpaired) electrons. The third-order valence-corrected chi connectivity index (χ3v) is 11.7. The first-order valence-corrected chi connectivity index (χ1v) is 19.4. The number of furan rings is 1. The number of hydrogen-bond acceptors (Lipinski definition) is 3. The minimum Gasteiger partial charge on any atom is -0.439 e. The van der Waals surface area contributed by atoms with Crippen LogP contribution in [0.3, 0.4) is 0 Å². The maximum absolute atomic E-state index is 6.90. The molecule has 0 aliphatic rings. The third kappa shape index (κ3) is 4.93. The first kappa shape index (κ1) is 34.7. The summed E-state index contributed by atoms with van der Waals surface area (Å²) in [6.07, 6.45) is 3.69. The van der Waals surface area contributed by atoms with Crippen molar-refractivity contribution in [2.75, 3.05) is 0 Å². The Hall–Kier alpha value is -6.55. The van der Waals surface area contributed by atoms with Gasteiger partial charge in [-0.2, -0.15) is 23.8 Å². The van der Waals surface area contributed by atoms with Crippen molar-refractivity contribution in [1.29, 1.82) is 0 Å². The van der Waals surface area contributed by atoms with Crippen molar-refractivity contribution in [2.45, 2.75) is 26.2 Å². The smallest absolute Gasteiger partial charge is 0.439 e. The number of nitrogens with zero attached hydrogens (tertiary/aromatic N) is 4. The van der Waals surface area contributed by atoms with E-state index in [1.165, 1.54) is 22.1 Å². The second-order valence-corrected chi connectivity index (χ2v) is 16.0. The second kappa shape index (κ2) is 12.7. The van der Waals surface area contributed by atoms with Gasteiger partial charge in [0, 0.05) is 34.4 Å². The molecule has 0 aliphatic carbocycles. The van der Waals surface area contributed by atoms with Crippen LogP contribution in [0.25, 0.3) is 110 Å². The zero-order valence-corrected chi connectivity index (χ0v) is 34.2. The molecular formula is C52H34N4OPt. The Morgan fingerprint density at radius 1 is 0.586 bits per heavy atom. The van der Waals surface area contributed by atoms with E-state index in [4.69, 9.17) is 14.4 Å². The second-order valence-electron chi connectivity index (χ2n) is 16.0. The average molecular weight is 926 g/mol. The molecule has 0 atom stereocenters. The van der Waals surface area contributed by atoms with Gasteiger partial charge in [0.25, 0.3) is 0 Å². The average Bonchev–Trinajstić information content (AvgIpc) is 3.98. The van der Waals surface area contributed by atoms with Gasteiger partial charge in [-0.3, -0.25) is 9.38 Å². The summed E-state index contributed by atoms with van der Waals surface area (Å²) >= 11 is 0. The Bertz CT molecular complexity index is 3550. The maximum Gasteiger partial charge on any atom is 2.00 e. The van der Waals surface area contributed by atoms with Crippen LogP contribution in [-0.2, 0) is 26.5 Å². The molecule has 5 nitrogen and oxygen atoms in total. The number of fused-ring (bicyclic) bond motifs is 11. The molecule has 6 heteroatoms. The largest absolute Gasteiger partial charge is 2.00 e. The summed E-state index contributed by atoms with van der Waals surface area (Å²) in [6, 6.07) is 57.0. The Balaban J connectivity index is 0.00000385. The van der Waals surface area contributed by atoms with Crippen molar-refractivity contribution >= 4 is 71.1 Å². The third-order valence-electron chi connectivity index (χ3n) is 11.7. The first-order valence-electron chi connectivity index (χ1n) is 19.4. The number of hydrogen-bond donors (Lipinski definition) is 0. The molecule has 278 valence electrons. The van der Waals surface area contributed by atoms with Crippen molar-refractivity contribution in [1.82, 2.24) is 18.9 Å². The van der Waals surface area contributed by atoms with Gasteiger partial charge in [-0.15, -0.1) is 17.7 Å². The number of pyridine rings is 2. The molecule has 6 heterocycles. The first-order chi connectivity index (χ1) is 27.9. The van der Waals surface area contributed by atoms with E-state index < -0.39 is 0 Å². The van der Waals surface area contributed by atoms with E-state index in [-0.39, 0.29) is 26.5 Å². The zero-order valence-electron chi connectivity index (χ0n) is 31.9. The predicted molar refractivity (Wildman–Crippen MR) is 233 cm³/mol. The van der Waals surface area contributed by atoms with Gasteiger partial charge >= 0.3 is 21.1 Å². The van der Waals surface area contributed by atoms with Gasteiger partial charge in [0.2, 0.25) is 5.71 Å². The maximum atomic E-state index is 6.90. The molecule has 12 aromatic rings. The van der Waals surface area contributed by atoms with Gasteiger partial charge in [-0.25, -0.2) is 10.5 Å². The number of benzene rings is 6. The van der Waals surface area contributed by atoms with Crippen LogP contribution in [0.2, 0.25) is 0 Å². The fraction of sp³-hybridized carbons (Fsp3) is 0.0769. The van der Waals surface area contributed by atoms with E-state index in [2.05, 4.69) is 157 Å². The molecule has 0 spiro atoms. The molecule has 6 aromatic heterocycles. The molecule has 0 aliphatic heterocycles. The van der Waals surface area contributed by atoms with Crippen molar-refractivity contribution < 1.29 is 25.5 Å². The molecule has 6 aromatic carbocycles. The van der Waals surface area contributed by atoms with E-state index in [1.54, 1.807) is 0 Å². The minimum atomic E-state index is 0. The minimum absolute atomic E-state index is 0. The van der Waals surface area contributed by atoms with Crippen molar-refractivity contribution in [3.63, 3.8) is 0 Å². The fourth-order valence-corrected chi connectivity index (χ4v) is 9.22. The number of para-hydroxylation sites is 2. The van der Waals surface area contributed by atoms with Crippen LogP contribution >= 0.6 is 0 Å². The summed E-state index contributed by atoms with van der Waals surface area (Å²) in [7, 11) is 0. The quantitative estimate of drug-likeness (QED) is 0.165. The van der Waals surface area contributed by atoms with E-state index in [0.29, 0.717) is 0 Å². The summed E-state index contributed by atoms with van der Waals surface area (Å²) in [5.41, 5.74) is 13.4. The Morgan fingerprint density at radius 2 is 1.34 bits per heavy atom. The van der Waals surface area contributed by atoms with Crippen LogP contribution in [0.4, 0.5) is 0 Å². The van der Waals surface area contributed by atoms with Gasteiger partial charge in [-0.05, 0) is 80.3 Å². The van der Waals surface area contributed by atoms with Crippen LogP contribution in [0.1, 0.15) is 26.3 Å². The van der Waals surface area contributed by atoms with Gasteiger partial charge in [0.1, 0.15) is 11.4 Å². The van der Waals surface area contributed by atoms with Crippen molar-refractivity contribution in [2.24, 2.45) is 0 Å². The van der Waals surface area contributed by atoms with Gasteiger partial charge in [0.05, 0.1) is 10.9 Å². The molecule has 0 saturated carbocycles. The van der Waals surface area contributed by atoms with Crippen LogP contribution in [0.15, 0.2) is 156 Å². The fourth-order valence-electron chi connectivity index (χ4n) is 9.22. The van der Waals surface area contributed by atoms with Crippen LogP contribution < -0.4 is 0 Å². The van der Waals surface area contributed by atoms with Crippen LogP contribution in [0, 0.1) is 12.1 Å². The van der Waals surface area contributed by atoms with Gasteiger partial charge < -0.3 is 8.98 Å². The van der Waals surface area contributed by atoms with Crippen molar-refractivity contribution in [3.8, 4) is 39.3 Å². The Labute approximate surface area is 348 Å². The standard InChI is InChI=1S/C52H34N4O.Pt/c1-52(2,3)41-17-6-4-13-34(41)31-22-24-46-40(27-31)49-38-16-12-15-37-48-39(28-33(42-18-8-10-25-53-42)30-45(48)56(50(37)38)51(49)57-46)32-21-23-36-35-14-5-7-19-43(35)55(44(36)29-32)47-20-9-11-26-54-47;/h4-27,30H,1-3H3;/q-2;+2. The van der Waals surface area contributed by atoms with Crippen LogP contribution in [-0.4, -0.2) is 18.9 Å². The van der Waals surface area contributed by atoms with E-state index in [1.807, 2.05) is 36.7 Å². The Kier molecular flexibility index (Phi) is 7.61. The molecular weight excluding hydrogens is 892 g/mol. The monoisotopic (exact) mass is 925 g/mol. The van der Waals surface area contributed by atoms with Crippen LogP contribution in [0.5, 0.6) is 0 Å². The van der Waals surface area contributed by atoms with Gasteiger partial charge in [0.15, 0.2) is 0 Å². The van der Waals surface area contributed by atoms with Gasteiger partial charge in [-0.1, -0.05) is 116 Å². The normalized spacial score (nSPS) is 12.3. The summed E-state index contributed by atoms with van der Waals surface area (Å²) in [5.74, 6) is 0.853. The molecule has 0 unspecified atom stereocenters. The summed E-state index contributed by atoms with van der Waals surface area (Å²) in [5, 5.41) is 7.95. The van der Waals surface area contributed by atoms with E-state index in [9.17, 15) is 0 Å². The summed E-state index contributed by atoms with van der Waals surface area (Å²) in [4.78, 5) is 9.58. The number of rotatable bonds is 4. The molecule has 0 N–H and O–H groups in total. The topological polar surface area (TPSA) is 48.3 Å². The zero-order chi connectivity index (χ0) is 38.0. The van der Waals surface area contributed by atoms with E-state index >= 15 is 0 Å². The SMILES string of the molecule is CC(C)(C)c1ccccc1-c1ccc2oc3c(c2c1)c1cccc2c4c(-c5[c-]c6c(cc5)c5ccccc5n6-c5ccccn5)[c-]c(-c5ccccn5)cc4n3c21.[Pt+2]. The Morgan fingerprint density at radius 3 is 2.16 bits per heavy atom. The number of aromatic nitrogens is 4.